The van der Waals surface area contributed by atoms with Gasteiger partial charge in [-0.2, -0.15) is 0 Å². The van der Waals surface area contributed by atoms with Gasteiger partial charge in [-0.1, -0.05) is 30.9 Å². The summed E-state index contributed by atoms with van der Waals surface area (Å²) in [6, 6.07) is 4.25. The Morgan fingerprint density at radius 3 is 2.62 bits per heavy atom. The Hall–Kier alpha value is -1.59. The van der Waals surface area contributed by atoms with Crippen molar-refractivity contribution >= 4 is 29.2 Å². The molecule has 1 aliphatic rings. The summed E-state index contributed by atoms with van der Waals surface area (Å²) in [5.74, 6) is -1.42. The maximum atomic E-state index is 12.3. The van der Waals surface area contributed by atoms with Gasteiger partial charge in [0.25, 0.3) is 0 Å². The molecule has 21 heavy (non-hydrogen) atoms. The number of carboxylic acids is 1. The fraction of sp³-hybridized carbons (Fsp3) is 0.467. The smallest absolute Gasteiger partial charge is 0.337 e. The van der Waals surface area contributed by atoms with Crippen LogP contribution in [-0.2, 0) is 4.79 Å². The van der Waals surface area contributed by atoms with Gasteiger partial charge in [-0.05, 0) is 31.0 Å². The molecule has 114 valence electrons. The Kier molecular flexibility index (Phi) is 5.20. The second-order valence-electron chi connectivity index (χ2n) is 5.40. The Balaban J connectivity index is 2.08. The van der Waals surface area contributed by atoms with E-state index in [-0.39, 0.29) is 28.5 Å². The molecule has 6 heteroatoms. The molecule has 4 N–H and O–H groups in total. The molecule has 2 atom stereocenters. The van der Waals surface area contributed by atoms with Gasteiger partial charge in [-0.15, -0.1) is 0 Å². The summed E-state index contributed by atoms with van der Waals surface area (Å²) in [6.45, 7) is 0. The fourth-order valence-corrected chi connectivity index (χ4v) is 2.92. The van der Waals surface area contributed by atoms with Crippen molar-refractivity contribution in [3.63, 3.8) is 0 Å². The molecule has 5 nitrogen and oxygen atoms in total. The number of anilines is 1. The van der Waals surface area contributed by atoms with Gasteiger partial charge in [0.15, 0.2) is 0 Å². The first-order valence-electron chi connectivity index (χ1n) is 7.08. The lowest BCUT2D eigenvalue weighted by Gasteiger charge is -2.20. The quantitative estimate of drug-likeness (QED) is 0.748. The van der Waals surface area contributed by atoms with E-state index in [1.807, 2.05) is 0 Å². The van der Waals surface area contributed by atoms with E-state index in [9.17, 15) is 9.59 Å². The van der Waals surface area contributed by atoms with Crippen molar-refractivity contribution in [3.8, 4) is 0 Å². The zero-order chi connectivity index (χ0) is 15.4. The maximum absolute atomic E-state index is 12.3. The van der Waals surface area contributed by atoms with E-state index >= 15 is 0 Å². The van der Waals surface area contributed by atoms with E-state index in [1.54, 1.807) is 0 Å². The Bertz CT molecular complexity index is 548. The van der Waals surface area contributed by atoms with Crippen LogP contribution in [-0.4, -0.2) is 23.0 Å². The van der Waals surface area contributed by atoms with Crippen LogP contribution in [0.1, 0.15) is 42.5 Å². The van der Waals surface area contributed by atoms with Crippen molar-refractivity contribution < 1.29 is 14.7 Å². The van der Waals surface area contributed by atoms with Crippen LogP contribution < -0.4 is 11.1 Å². The van der Waals surface area contributed by atoms with Gasteiger partial charge < -0.3 is 16.2 Å². The van der Waals surface area contributed by atoms with Crippen molar-refractivity contribution in [1.82, 2.24) is 0 Å². The summed E-state index contributed by atoms with van der Waals surface area (Å²) < 4.78 is 0. The number of nitrogens with one attached hydrogen (secondary N) is 1. The molecular formula is C15H19ClN2O3. The predicted molar refractivity (Wildman–Crippen MR) is 81.6 cm³/mol. The number of benzene rings is 1. The lowest BCUT2D eigenvalue weighted by atomic mass is 9.94. The average Bonchev–Trinajstić information content (AvgIpc) is 2.63. The summed E-state index contributed by atoms with van der Waals surface area (Å²) >= 11 is 5.89. The molecule has 0 aliphatic heterocycles. The van der Waals surface area contributed by atoms with E-state index in [1.165, 1.54) is 18.2 Å². The molecule has 0 saturated heterocycles. The van der Waals surface area contributed by atoms with Crippen LogP contribution in [0.3, 0.4) is 0 Å². The molecular weight excluding hydrogens is 292 g/mol. The molecule has 2 rings (SSSR count). The molecule has 0 spiro atoms. The number of carboxylic acid groups (broad SMARTS) is 1. The van der Waals surface area contributed by atoms with E-state index in [2.05, 4.69) is 5.32 Å². The van der Waals surface area contributed by atoms with Gasteiger partial charge in [-0.3, -0.25) is 4.79 Å². The molecule has 0 bridgehead atoms. The molecule has 1 aromatic rings. The van der Waals surface area contributed by atoms with Crippen LogP contribution in [0.5, 0.6) is 0 Å². The highest BCUT2D eigenvalue weighted by Gasteiger charge is 2.27. The zero-order valence-electron chi connectivity index (χ0n) is 11.6. The SMILES string of the molecule is NC1CCCCCC1C(=O)Nc1ccc(C(=O)O)c(Cl)c1. The van der Waals surface area contributed by atoms with Crippen molar-refractivity contribution in [2.45, 2.75) is 38.1 Å². The van der Waals surface area contributed by atoms with Crippen molar-refractivity contribution in [1.29, 1.82) is 0 Å². The number of hydrogen-bond donors (Lipinski definition) is 3. The third-order valence-corrected chi connectivity index (χ3v) is 4.19. The Labute approximate surface area is 128 Å². The van der Waals surface area contributed by atoms with Crippen LogP contribution in [0.2, 0.25) is 5.02 Å². The van der Waals surface area contributed by atoms with Crippen LogP contribution in [0.4, 0.5) is 5.69 Å². The molecule has 1 amide bonds. The summed E-state index contributed by atoms with van der Waals surface area (Å²) in [5, 5.41) is 11.8. The first-order chi connectivity index (χ1) is 9.99. The number of rotatable bonds is 3. The van der Waals surface area contributed by atoms with Gasteiger partial charge >= 0.3 is 5.97 Å². The summed E-state index contributed by atoms with van der Waals surface area (Å²) in [6.07, 6.45) is 4.82. The normalized spacial score (nSPS) is 22.4. The highest BCUT2D eigenvalue weighted by Crippen LogP contribution is 2.25. The molecule has 0 heterocycles. The molecule has 0 aromatic heterocycles. The largest absolute Gasteiger partial charge is 0.478 e. The number of carbonyl (C=O) groups excluding carboxylic acids is 1. The highest BCUT2D eigenvalue weighted by molar-refractivity contribution is 6.33. The molecule has 1 saturated carbocycles. The number of hydrogen-bond acceptors (Lipinski definition) is 3. The van der Waals surface area contributed by atoms with Gasteiger partial charge in [0.1, 0.15) is 0 Å². The summed E-state index contributed by atoms with van der Waals surface area (Å²) in [5.41, 5.74) is 6.57. The summed E-state index contributed by atoms with van der Waals surface area (Å²) in [7, 11) is 0. The van der Waals surface area contributed by atoms with Gasteiger partial charge in [0.05, 0.1) is 16.5 Å². The minimum absolute atomic E-state index is 0.0147. The number of carbonyl (C=O) groups is 2. The van der Waals surface area contributed by atoms with Crippen LogP contribution in [0.25, 0.3) is 0 Å². The lowest BCUT2D eigenvalue weighted by molar-refractivity contribution is -0.120. The van der Waals surface area contributed by atoms with Crippen molar-refractivity contribution in [2.24, 2.45) is 11.7 Å². The van der Waals surface area contributed by atoms with Gasteiger partial charge in [0.2, 0.25) is 5.91 Å². The first-order valence-corrected chi connectivity index (χ1v) is 7.46. The molecule has 1 aromatic carbocycles. The third-order valence-electron chi connectivity index (χ3n) is 3.87. The number of nitrogens with two attached hydrogens (primary N) is 1. The topological polar surface area (TPSA) is 92.4 Å². The van der Waals surface area contributed by atoms with Crippen LogP contribution in [0, 0.1) is 5.92 Å². The standard InChI is InChI=1S/C15H19ClN2O3/c16-12-8-9(6-7-10(12)15(20)21)18-14(19)11-4-2-1-3-5-13(11)17/h6-8,11,13H,1-5,17H2,(H,18,19)(H,20,21). The number of amides is 1. The third kappa shape index (κ3) is 3.95. The average molecular weight is 311 g/mol. The van der Waals surface area contributed by atoms with Crippen molar-refractivity contribution in [2.75, 3.05) is 5.32 Å². The molecule has 0 radical (unpaired) electrons. The Morgan fingerprint density at radius 1 is 1.24 bits per heavy atom. The van der Waals surface area contributed by atoms with Crippen LogP contribution >= 0.6 is 11.6 Å². The molecule has 1 fully saturated rings. The lowest BCUT2D eigenvalue weighted by Crippen LogP contribution is -2.37. The second kappa shape index (κ2) is 6.91. The number of halogens is 1. The predicted octanol–water partition coefficient (Wildman–Crippen LogP) is 2.88. The second-order valence-corrected chi connectivity index (χ2v) is 5.80. The van der Waals surface area contributed by atoms with E-state index in [0.717, 1.165) is 32.1 Å². The maximum Gasteiger partial charge on any atom is 0.337 e. The van der Waals surface area contributed by atoms with E-state index < -0.39 is 5.97 Å². The highest BCUT2D eigenvalue weighted by atomic mass is 35.5. The van der Waals surface area contributed by atoms with E-state index in [4.69, 9.17) is 22.4 Å². The monoisotopic (exact) mass is 310 g/mol. The van der Waals surface area contributed by atoms with Gasteiger partial charge in [0, 0.05) is 11.7 Å². The van der Waals surface area contributed by atoms with Gasteiger partial charge in [-0.25, -0.2) is 4.79 Å². The van der Waals surface area contributed by atoms with E-state index in [0.29, 0.717) is 5.69 Å². The minimum Gasteiger partial charge on any atom is -0.478 e. The molecule has 1 aliphatic carbocycles. The van der Waals surface area contributed by atoms with Crippen molar-refractivity contribution in [3.05, 3.63) is 28.8 Å². The fourth-order valence-electron chi connectivity index (χ4n) is 2.66. The Morgan fingerprint density at radius 2 is 1.95 bits per heavy atom. The minimum atomic E-state index is -1.09. The number of aromatic carboxylic acids is 1. The summed E-state index contributed by atoms with van der Waals surface area (Å²) in [4.78, 5) is 23.2. The zero-order valence-corrected chi connectivity index (χ0v) is 12.4. The van der Waals surface area contributed by atoms with Crippen LogP contribution in [0.15, 0.2) is 18.2 Å². The molecule has 2 unspecified atom stereocenters. The first kappa shape index (κ1) is 15.8.